The number of nitrogens with two attached hydrogens (primary N) is 1. The second-order valence-electron chi connectivity index (χ2n) is 9.92. The Kier molecular flexibility index (Phi) is 8.01. The molecule has 3 aromatic heterocycles. The van der Waals surface area contributed by atoms with Crippen LogP contribution in [0.2, 0.25) is 0 Å². The highest BCUT2D eigenvalue weighted by Crippen LogP contribution is 2.52. The zero-order valence-electron chi connectivity index (χ0n) is 21.7. The average Bonchev–Trinajstić information content (AvgIpc) is 3.56. The Bertz CT molecular complexity index is 1700. The number of phosphoric acid groups is 2. The number of aliphatic hydroxyl groups is 1. The molecular weight excluding hydrogens is 608 g/mol. The maximum Gasteiger partial charge on any atom is 0.469 e. The number of phosphoric ester groups is 2. The highest BCUT2D eigenvalue weighted by molar-refractivity contribution is 7.46. The first-order chi connectivity index (χ1) is 19.6. The molecule has 0 aromatic carbocycles. The highest BCUT2D eigenvalue weighted by Gasteiger charge is 2.56. The van der Waals surface area contributed by atoms with E-state index >= 15 is 0 Å². The number of rotatable bonds is 9. The van der Waals surface area contributed by atoms with Crippen LogP contribution in [0, 0.1) is 6.92 Å². The molecule has 0 amide bonds. The minimum Gasteiger partial charge on any atom is -0.390 e. The number of ether oxygens (including phenoxy) is 2. The van der Waals surface area contributed by atoms with Crippen molar-refractivity contribution < 1.29 is 52.3 Å². The van der Waals surface area contributed by atoms with Crippen LogP contribution in [0.5, 0.6) is 0 Å². The van der Waals surface area contributed by atoms with Gasteiger partial charge in [-0.2, -0.15) is 0 Å². The largest absolute Gasteiger partial charge is 0.469 e. The monoisotopic (exact) mass is 635 g/mol. The van der Waals surface area contributed by atoms with E-state index in [4.69, 9.17) is 24.3 Å². The van der Waals surface area contributed by atoms with E-state index in [2.05, 4.69) is 19.9 Å². The molecule has 0 saturated carbocycles. The summed E-state index contributed by atoms with van der Waals surface area (Å²) in [7, 11) is -10.5. The topological polar surface area (TPSA) is 297 Å². The number of fused-ring (bicyclic) bond motifs is 1. The summed E-state index contributed by atoms with van der Waals surface area (Å²) >= 11 is 0. The number of aryl methyl sites for hydroxylation is 1. The number of nitrogens with one attached hydrogen (secondary N) is 1. The van der Waals surface area contributed by atoms with Crippen LogP contribution >= 0.6 is 15.6 Å². The summed E-state index contributed by atoms with van der Waals surface area (Å²) in [5.41, 5.74) is 2.82. The molecule has 0 bridgehead atoms. The van der Waals surface area contributed by atoms with Crippen LogP contribution in [0.3, 0.4) is 0 Å². The van der Waals surface area contributed by atoms with Crippen molar-refractivity contribution in [2.45, 2.75) is 62.6 Å². The first-order valence-corrected chi connectivity index (χ1v) is 15.3. The molecule has 8 N–H and O–H groups in total. The van der Waals surface area contributed by atoms with Crippen molar-refractivity contribution in [1.29, 1.82) is 0 Å². The Labute approximate surface area is 234 Å². The zero-order chi connectivity index (χ0) is 30.6. The lowest BCUT2D eigenvalue weighted by Gasteiger charge is -2.36. The van der Waals surface area contributed by atoms with E-state index in [1.54, 1.807) is 0 Å². The SMILES string of the molecule is Cc1cn(C2CC(OP(=O)(O)O)C(COP(=O)(O)O)(CC3OC(n4cnc5c(N)ncnc54)CC3O)O2)c(=O)[nH]c1=O. The number of aromatic nitrogens is 6. The van der Waals surface area contributed by atoms with Crippen molar-refractivity contribution in [2.75, 3.05) is 12.3 Å². The molecule has 5 rings (SSSR count). The van der Waals surface area contributed by atoms with Gasteiger partial charge >= 0.3 is 21.3 Å². The Morgan fingerprint density at radius 2 is 1.86 bits per heavy atom. The summed E-state index contributed by atoms with van der Waals surface area (Å²) in [6, 6.07) is 0. The smallest absolute Gasteiger partial charge is 0.390 e. The standard InChI is InChI=1S/C20H27N7O13P2/c1-9-5-26(19(30)25-18(9)29)14-3-12(40-42(34,35)36)20(39-14,6-37-41(31,32)33)4-11-10(28)2-13(38-11)27-8-24-15-16(21)22-7-23-17(15)27/h5,7-8,10-14,28H,2-4,6H2,1H3,(H2,21,22,23)(H,25,29,30)(H2,31,32,33)(H2,34,35,36). The lowest BCUT2D eigenvalue weighted by Crippen LogP contribution is -2.49. The van der Waals surface area contributed by atoms with Gasteiger partial charge in [0, 0.05) is 31.0 Å². The van der Waals surface area contributed by atoms with E-state index < -0.39 is 82.7 Å². The quantitative estimate of drug-likeness (QED) is 0.132. The number of nitrogens with zero attached hydrogens (tertiary/aromatic N) is 5. The first kappa shape index (κ1) is 30.6. The van der Waals surface area contributed by atoms with Crippen LogP contribution in [-0.4, -0.2) is 84.3 Å². The Morgan fingerprint density at radius 1 is 1.12 bits per heavy atom. The molecule has 2 saturated heterocycles. The molecule has 2 aliphatic heterocycles. The van der Waals surface area contributed by atoms with Crippen molar-refractivity contribution in [3.63, 3.8) is 0 Å². The highest BCUT2D eigenvalue weighted by atomic mass is 31.2. The minimum atomic E-state index is -5.27. The predicted molar refractivity (Wildman–Crippen MR) is 137 cm³/mol. The molecule has 42 heavy (non-hydrogen) atoms. The summed E-state index contributed by atoms with van der Waals surface area (Å²) < 4.78 is 47.8. The molecular formula is C20H27N7O13P2. The Morgan fingerprint density at radius 3 is 2.55 bits per heavy atom. The van der Waals surface area contributed by atoms with E-state index in [-0.39, 0.29) is 23.3 Å². The van der Waals surface area contributed by atoms with Gasteiger partial charge in [-0.25, -0.2) is 28.9 Å². The molecule has 5 heterocycles. The number of aromatic amines is 1. The third-order valence-electron chi connectivity index (χ3n) is 7.02. The molecule has 0 aliphatic carbocycles. The second-order valence-corrected chi connectivity index (χ2v) is 12.4. The minimum absolute atomic E-state index is 0.0263. The van der Waals surface area contributed by atoms with Gasteiger partial charge < -0.3 is 39.9 Å². The van der Waals surface area contributed by atoms with Gasteiger partial charge in [-0.15, -0.1) is 0 Å². The van der Waals surface area contributed by atoms with Gasteiger partial charge in [0.25, 0.3) is 5.56 Å². The van der Waals surface area contributed by atoms with Crippen LogP contribution < -0.4 is 17.0 Å². The number of hydrogen-bond acceptors (Lipinski definition) is 13. The Hall–Kier alpha value is -2.87. The van der Waals surface area contributed by atoms with E-state index in [9.17, 15) is 43.4 Å². The van der Waals surface area contributed by atoms with Gasteiger partial charge in [0.05, 0.1) is 25.1 Å². The fourth-order valence-corrected chi connectivity index (χ4v) is 6.11. The van der Waals surface area contributed by atoms with E-state index in [1.165, 1.54) is 24.1 Å². The van der Waals surface area contributed by atoms with Crippen molar-refractivity contribution >= 4 is 32.6 Å². The number of H-pyrrole nitrogens is 1. The number of imidazole rings is 1. The normalized spacial score (nSPS) is 28.6. The molecule has 6 atom stereocenters. The number of nitrogen functional groups attached to an aromatic ring is 1. The lowest BCUT2D eigenvalue weighted by molar-refractivity contribution is -0.155. The Balaban J connectivity index is 1.50. The van der Waals surface area contributed by atoms with Crippen LogP contribution in [0.15, 0.2) is 28.4 Å². The molecule has 6 unspecified atom stereocenters. The predicted octanol–water partition coefficient (Wildman–Crippen LogP) is -1.45. The van der Waals surface area contributed by atoms with Crippen molar-refractivity contribution in [3.05, 3.63) is 45.3 Å². The van der Waals surface area contributed by atoms with E-state index in [0.29, 0.717) is 5.65 Å². The van der Waals surface area contributed by atoms with Crippen molar-refractivity contribution in [3.8, 4) is 0 Å². The van der Waals surface area contributed by atoms with Crippen LogP contribution in [0.4, 0.5) is 5.82 Å². The first-order valence-electron chi connectivity index (χ1n) is 12.3. The van der Waals surface area contributed by atoms with Gasteiger partial charge in [0.15, 0.2) is 11.5 Å². The molecule has 20 nitrogen and oxygen atoms in total. The fraction of sp³-hybridized carbons (Fsp3) is 0.550. The molecule has 0 spiro atoms. The summed E-state index contributed by atoms with van der Waals surface area (Å²) in [6.07, 6.45) is -3.50. The number of hydrogen-bond donors (Lipinski definition) is 7. The molecule has 2 aliphatic rings. The summed E-state index contributed by atoms with van der Waals surface area (Å²) in [4.78, 5) is 76.9. The fourth-order valence-electron chi connectivity index (χ4n) is 5.12. The molecule has 3 aromatic rings. The third kappa shape index (κ3) is 6.24. The average molecular weight is 635 g/mol. The van der Waals surface area contributed by atoms with Crippen LogP contribution in [0.1, 0.15) is 37.3 Å². The van der Waals surface area contributed by atoms with Gasteiger partial charge in [0.1, 0.15) is 36.0 Å². The second kappa shape index (κ2) is 11.0. The molecule has 2 fully saturated rings. The summed E-state index contributed by atoms with van der Waals surface area (Å²) in [5, 5.41) is 10.9. The number of aliphatic hydroxyl groups excluding tert-OH is 1. The van der Waals surface area contributed by atoms with Crippen molar-refractivity contribution in [1.82, 2.24) is 29.1 Å². The summed E-state index contributed by atoms with van der Waals surface area (Å²) in [6.45, 7) is 0.406. The molecule has 0 radical (unpaired) electrons. The van der Waals surface area contributed by atoms with E-state index in [0.717, 1.165) is 10.8 Å². The lowest BCUT2D eigenvalue weighted by atomic mass is 9.89. The van der Waals surface area contributed by atoms with Crippen LogP contribution in [-0.2, 0) is 27.7 Å². The van der Waals surface area contributed by atoms with Gasteiger partial charge in [-0.05, 0) is 6.92 Å². The van der Waals surface area contributed by atoms with Crippen LogP contribution in [0.25, 0.3) is 11.2 Å². The van der Waals surface area contributed by atoms with E-state index in [1.807, 2.05) is 0 Å². The number of anilines is 1. The maximum absolute atomic E-state index is 12.6. The van der Waals surface area contributed by atoms with Crippen molar-refractivity contribution in [2.24, 2.45) is 0 Å². The van der Waals surface area contributed by atoms with Gasteiger partial charge in [-0.3, -0.25) is 28.0 Å². The van der Waals surface area contributed by atoms with Gasteiger partial charge in [-0.1, -0.05) is 0 Å². The maximum atomic E-state index is 12.6. The van der Waals surface area contributed by atoms with Gasteiger partial charge in [0.2, 0.25) is 0 Å². The molecule has 22 heteroatoms. The zero-order valence-corrected chi connectivity index (χ0v) is 23.4. The third-order valence-corrected chi connectivity index (χ3v) is 8.01. The summed E-state index contributed by atoms with van der Waals surface area (Å²) in [5.74, 6) is 0.109. The molecule has 230 valence electrons.